The van der Waals surface area contributed by atoms with Crippen molar-refractivity contribution in [1.29, 1.82) is 0 Å². The Bertz CT molecular complexity index is 1520. The quantitative estimate of drug-likeness (QED) is 0.222. The molecular weight excluding hydrogens is 520 g/mol. The second-order valence-corrected chi connectivity index (χ2v) is 12.1. The van der Waals surface area contributed by atoms with Crippen molar-refractivity contribution >= 4 is 27.3 Å². The number of hydrogen-bond donors (Lipinski definition) is 2. The third-order valence-corrected chi connectivity index (χ3v) is 8.50. The van der Waals surface area contributed by atoms with Crippen molar-refractivity contribution in [3.63, 3.8) is 0 Å². The molecule has 7 heteroatoms. The van der Waals surface area contributed by atoms with Gasteiger partial charge in [-0.1, -0.05) is 97.4 Å². The van der Waals surface area contributed by atoms with Gasteiger partial charge in [-0.3, -0.25) is 4.79 Å². The van der Waals surface area contributed by atoms with Gasteiger partial charge in [-0.25, -0.2) is 13.2 Å². The van der Waals surface area contributed by atoms with Gasteiger partial charge in [0, 0.05) is 12.1 Å². The Kier molecular flexibility index (Phi) is 9.51. The summed E-state index contributed by atoms with van der Waals surface area (Å²) in [5.74, 6) is -0.178. The van der Waals surface area contributed by atoms with E-state index in [4.69, 9.17) is 0 Å². The fourth-order valence-corrected chi connectivity index (χ4v) is 5.85. The van der Waals surface area contributed by atoms with Crippen LogP contribution in [0.4, 0.5) is 10.5 Å². The molecule has 0 saturated heterocycles. The fourth-order valence-electron chi connectivity index (χ4n) is 4.50. The van der Waals surface area contributed by atoms with Crippen LogP contribution < -0.4 is 10.6 Å². The van der Waals surface area contributed by atoms with Crippen LogP contribution in [0, 0.1) is 6.92 Å². The minimum Gasteiger partial charge on any atom is -0.328 e. The Labute approximate surface area is 236 Å². The number of urea groups is 1. The van der Waals surface area contributed by atoms with E-state index in [0.717, 1.165) is 16.7 Å². The van der Waals surface area contributed by atoms with Crippen molar-refractivity contribution in [2.75, 3.05) is 5.32 Å². The summed E-state index contributed by atoms with van der Waals surface area (Å²) in [5.41, 5.74) is 4.12. The largest absolute Gasteiger partial charge is 0.328 e. The summed E-state index contributed by atoms with van der Waals surface area (Å²) in [6.07, 6.45) is 0.677. The summed E-state index contributed by atoms with van der Waals surface area (Å²) in [4.78, 5) is 26.5. The lowest BCUT2D eigenvalue weighted by Crippen LogP contribution is -2.44. The van der Waals surface area contributed by atoms with E-state index >= 15 is 0 Å². The van der Waals surface area contributed by atoms with E-state index in [-0.39, 0.29) is 22.3 Å². The molecule has 6 nitrogen and oxygen atoms in total. The molecule has 0 aromatic heterocycles. The second kappa shape index (κ2) is 13.2. The van der Waals surface area contributed by atoms with Crippen LogP contribution in [0.2, 0.25) is 0 Å². The average molecular weight is 555 g/mol. The maximum Gasteiger partial charge on any atom is 0.319 e. The number of aryl methyl sites for hydroxylation is 1. The van der Waals surface area contributed by atoms with Crippen LogP contribution in [0.5, 0.6) is 0 Å². The highest BCUT2D eigenvalue weighted by Crippen LogP contribution is 2.21. The first kappa shape index (κ1) is 28.8. The number of carbonyl (C=O) groups is 2. The van der Waals surface area contributed by atoms with Gasteiger partial charge in [-0.2, -0.15) is 0 Å². The number of rotatable bonds is 11. The summed E-state index contributed by atoms with van der Waals surface area (Å²) >= 11 is 0. The van der Waals surface area contributed by atoms with Crippen molar-refractivity contribution in [1.82, 2.24) is 5.32 Å². The molecular formula is C33H34N2O4S. The van der Waals surface area contributed by atoms with Crippen LogP contribution in [0.1, 0.15) is 41.5 Å². The number of nitrogens with one attached hydrogen (secondary N) is 2. The fraction of sp³-hybridized carbons (Fsp3) is 0.212. The molecule has 206 valence electrons. The third-order valence-electron chi connectivity index (χ3n) is 6.80. The summed E-state index contributed by atoms with van der Waals surface area (Å²) in [6, 6.07) is 31.7. The molecule has 2 atom stereocenters. The Balaban J connectivity index is 1.40. The highest BCUT2D eigenvalue weighted by Gasteiger charge is 2.24. The molecule has 0 aliphatic carbocycles. The zero-order valence-corrected chi connectivity index (χ0v) is 23.5. The second-order valence-electron chi connectivity index (χ2n) is 10.1. The van der Waals surface area contributed by atoms with Gasteiger partial charge in [-0.15, -0.1) is 0 Å². The number of Topliss-reactive ketones (excluding diaryl/α,β-unsaturated/α-hetero) is 1. The average Bonchev–Trinajstić information content (AvgIpc) is 2.95. The van der Waals surface area contributed by atoms with Gasteiger partial charge >= 0.3 is 6.03 Å². The molecule has 0 unspecified atom stereocenters. The number of ketones is 1. The van der Waals surface area contributed by atoms with E-state index in [1.807, 2.05) is 74.5 Å². The molecule has 0 heterocycles. The summed E-state index contributed by atoms with van der Waals surface area (Å²) in [5, 5.41) is 5.63. The van der Waals surface area contributed by atoms with E-state index in [1.54, 1.807) is 48.5 Å². The normalized spacial score (nSPS) is 12.8. The molecule has 2 amide bonds. The van der Waals surface area contributed by atoms with Crippen LogP contribution in [0.15, 0.2) is 114 Å². The molecule has 0 spiro atoms. The molecule has 4 aromatic rings. The van der Waals surface area contributed by atoms with Gasteiger partial charge in [-0.05, 0) is 60.2 Å². The number of benzene rings is 4. The molecule has 2 N–H and O–H groups in total. The first-order valence-electron chi connectivity index (χ1n) is 13.3. The zero-order valence-electron chi connectivity index (χ0n) is 22.7. The predicted octanol–water partition coefficient (Wildman–Crippen LogP) is 6.46. The summed E-state index contributed by atoms with van der Waals surface area (Å²) < 4.78 is 25.5. The lowest BCUT2D eigenvalue weighted by atomic mass is 9.91. The molecule has 0 radical (unpaired) electrons. The first-order chi connectivity index (χ1) is 19.2. The van der Waals surface area contributed by atoms with E-state index in [0.29, 0.717) is 24.1 Å². The van der Waals surface area contributed by atoms with Crippen molar-refractivity contribution < 1.29 is 18.0 Å². The van der Waals surface area contributed by atoms with Gasteiger partial charge in [0.25, 0.3) is 0 Å². The number of sulfone groups is 1. The van der Waals surface area contributed by atoms with E-state index in [9.17, 15) is 18.0 Å². The SMILES string of the molecule is Cc1ccc(S(=O)(=O)Cc2ccc(NC(=O)N[C@H](Cc3ccccc3)C(=O)C[C@@H](C)c3ccccc3)cc2)cc1. The van der Waals surface area contributed by atoms with Crippen LogP contribution >= 0.6 is 0 Å². The zero-order chi connectivity index (χ0) is 28.5. The molecule has 0 saturated carbocycles. The van der Waals surface area contributed by atoms with Gasteiger partial charge < -0.3 is 10.6 Å². The maximum absolute atomic E-state index is 13.3. The molecule has 0 bridgehead atoms. The third kappa shape index (κ3) is 8.13. The molecule has 4 rings (SSSR count). The minimum atomic E-state index is -3.49. The lowest BCUT2D eigenvalue weighted by molar-refractivity contribution is -0.121. The summed E-state index contributed by atoms with van der Waals surface area (Å²) in [6.45, 7) is 3.91. The number of amides is 2. The standard InChI is InChI=1S/C33H34N2O4S/c1-24-13-19-30(20-14-24)40(38,39)23-27-15-17-29(18-16-27)34-33(37)35-31(22-26-9-5-3-6-10-26)32(36)21-25(2)28-11-7-4-8-12-28/h3-20,25,31H,21-23H2,1-2H3,(H2,34,35,37)/t25-,31-/m1/s1. The van der Waals surface area contributed by atoms with Crippen molar-refractivity contribution in [3.8, 4) is 0 Å². The molecule has 0 fully saturated rings. The summed E-state index contributed by atoms with van der Waals surface area (Å²) in [7, 11) is -3.49. The Morgan fingerprint density at radius 1 is 0.750 bits per heavy atom. The van der Waals surface area contributed by atoms with Crippen LogP contribution in [-0.2, 0) is 26.8 Å². The number of hydrogen-bond acceptors (Lipinski definition) is 4. The number of anilines is 1. The van der Waals surface area contributed by atoms with Crippen LogP contribution in [-0.4, -0.2) is 26.3 Å². The van der Waals surface area contributed by atoms with E-state index < -0.39 is 21.9 Å². The van der Waals surface area contributed by atoms with Crippen molar-refractivity contribution in [2.45, 2.75) is 49.3 Å². The Morgan fingerprint density at radius 2 is 1.35 bits per heavy atom. The maximum atomic E-state index is 13.3. The Hall–Kier alpha value is -4.23. The van der Waals surface area contributed by atoms with Gasteiger partial charge in [0.1, 0.15) is 0 Å². The minimum absolute atomic E-state index is 0.0144. The molecule has 4 aromatic carbocycles. The lowest BCUT2D eigenvalue weighted by Gasteiger charge is -2.20. The van der Waals surface area contributed by atoms with Gasteiger partial charge in [0.2, 0.25) is 0 Å². The predicted molar refractivity (Wildman–Crippen MR) is 159 cm³/mol. The molecule has 40 heavy (non-hydrogen) atoms. The first-order valence-corrected chi connectivity index (χ1v) is 14.9. The highest BCUT2D eigenvalue weighted by molar-refractivity contribution is 7.90. The molecule has 0 aliphatic heterocycles. The van der Waals surface area contributed by atoms with Crippen molar-refractivity contribution in [2.24, 2.45) is 0 Å². The van der Waals surface area contributed by atoms with E-state index in [2.05, 4.69) is 10.6 Å². The molecule has 0 aliphatic rings. The Morgan fingerprint density at radius 3 is 1.98 bits per heavy atom. The topological polar surface area (TPSA) is 92.3 Å². The van der Waals surface area contributed by atoms with Crippen molar-refractivity contribution in [3.05, 3.63) is 131 Å². The monoisotopic (exact) mass is 554 g/mol. The van der Waals surface area contributed by atoms with Gasteiger partial charge in [0.15, 0.2) is 15.6 Å². The van der Waals surface area contributed by atoms with E-state index in [1.165, 1.54) is 0 Å². The van der Waals surface area contributed by atoms with Crippen LogP contribution in [0.3, 0.4) is 0 Å². The highest BCUT2D eigenvalue weighted by atomic mass is 32.2. The van der Waals surface area contributed by atoms with Crippen LogP contribution in [0.25, 0.3) is 0 Å². The number of carbonyl (C=O) groups excluding carboxylic acids is 2. The smallest absolute Gasteiger partial charge is 0.319 e. The van der Waals surface area contributed by atoms with Gasteiger partial charge in [0.05, 0.1) is 16.7 Å².